The quantitative estimate of drug-likeness (QED) is 0.773. The monoisotopic (exact) mass is 255 g/mol. The molecule has 2 heterocycles. The van der Waals surface area contributed by atoms with Gasteiger partial charge in [-0.25, -0.2) is 4.98 Å². The molecule has 1 N–H and O–H groups in total. The van der Waals surface area contributed by atoms with Gasteiger partial charge in [0.1, 0.15) is 0 Å². The first-order chi connectivity index (χ1) is 8.88. The van der Waals surface area contributed by atoms with E-state index >= 15 is 0 Å². The zero-order chi connectivity index (χ0) is 12.4. The van der Waals surface area contributed by atoms with Crippen molar-refractivity contribution in [1.82, 2.24) is 9.97 Å². The topological polar surface area (TPSA) is 37.8 Å². The Bertz CT molecular complexity index is 670. The highest BCUT2D eigenvalue weighted by Gasteiger charge is 2.08. The van der Waals surface area contributed by atoms with Crippen molar-refractivity contribution in [1.29, 1.82) is 0 Å². The molecule has 3 aromatic rings. The van der Waals surface area contributed by atoms with Gasteiger partial charge >= 0.3 is 0 Å². The average Bonchev–Trinajstić information content (AvgIpc) is 2.87. The molecule has 0 aliphatic carbocycles. The van der Waals surface area contributed by atoms with E-state index in [-0.39, 0.29) is 0 Å². The maximum Gasteiger partial charge on any atom is 0.183 e. The van der Waals surface area contributed by atoms with Gasteiger partial charge in [0.05, 0.1) is 10.4 Å². The Kier molecular flexibility index (Phi) is 2.94. The summed E-state index contributed by atoms with van der Waals surface area (Å²) in [4.78, 5) is 9.99. The Morgan fingerprint density at radius 1 is 1.17 bits per heavy atom. The summed E-state index contributed by atoms with van der Waals surface area (Å²) >= 11 is 1.66. The fourth-order valence-electron chi connectivity index (χ4n) is 1.93. The van der Waals surface area contributed by atoms with E-state index in [1.165, 1.54) is 0 Å². The lowest BCUT2D eigenvalue weighted by Gasteiger charge is -2.02. The molecule has 2 aromatic heterocycles. The maximum atomic E-state index is 4.47. The van der Waals surface area contributed by atoms with Crippen molar-refractivity contribution in [2.75, 3.05) is 11.9 Å². The van der Waals surface area contributed by atoms with Crippen molar-refractivity contribution in [3.05, 3.63) is 42.7 Å². The van der Waals surface area contributed by atoms with Crippen LogP contribution in [0.25, 0.3) is 21.3 Å². The van der Waals surface area contributed by atoms with Gasteiger partial charge in [-0.1, -0.05) is 35.6 Å². The van der Waals surface area contributed by atoms with Crippen LogP contribution in [-0.2, 0) is 0 Å². The number of hydrogen-bond acceptors (Lipinski definition) is 4. The van der Waals surface area contributed by atoms with Gasteiger partial charge in [-0.3, -0.25) is 4.98 Å². The second-order valence-corrected chi connectivity index (χ2v) is 4.97. The molecule has 0 spiro atoms. The Morgan fingerprint density at radius 3 is 2.94 bits per heavy atom. The van der Waals surface area contributed by atoms with Crippen molar-refractivity contribution in [2.24, 2.45) is 0 Å². The Hall–Kier alpha value is -1.94. The molecule has 0 saturated heterocycles. The zero-order valence-corrected chi connectivity index (χ0v) is 10.9. The number of nitrogens with one attached hydrogen (secondary N) is 1. The summed E-state index contributed by atoms with van der Waals surface area (Å²) in [5.74, 6) is 0. The van der Waals surface area contributed by atoms with Crippen LogP contribution in [-0.4, -0.2) is 16.5 Å². The lowest BCUT2D eigenvalue weighted by atomic mass is 10.1. The summed E-state index contributed by atoms with van der Waals surface area (Å²) in [5.41, 5.74) is 2.18. The molecule has 0 fully saturated rings. The molecular formula is C14H13N3S. The third-order valence-corrected chi connectivity index (χ3v) is 3.72. The van der Waals surface area contributed by atoms with Gasteiger partial charge in [0.15, 0.2) is 5.13 Å². The number of para-hydroxylation sites is 1. The zero-order valence-electron chi connectivity index (χ0n) is 10.1. The van der Waals surface area contributed by atoms with Crippen LogP contribution in [0, 0.1) is 0 Å². The second kappa shape index (κ2) is 4.74. The molecular weight excluding hydrogens is 242 g/mol. The van der Waals surface area contributed by atoms with Gasteiger partial charge in [-0.05, 0) is 13.0 Å². The molecule has 90 valence electrons. The van der Waals surface area contributed by atoms with Crippen LogP contribution in [0.1, 0.15) is 6.92 Å². The summed E-state index contributed by atoms with van der Waals surface area (Å²) in [5, 5.41) is 5.35. The number of hydrogen-bond donors (Lipinski definition) is 1. The SMILES string of the molecule is CCNc1ncc(-c2cccc3cccnc23)s1. The fraction of sp³-hybridized carbons (Fsp3) is 0.143. The molecule has 0 bridgehead atoms. The first-order valence-electron chi connectivity index (χ1n) is 5.92. The molecule has 3 rings (SSSR count). The van der Waals surface area contributed by atoms with Gasteiger partial charge in [0, 0.05) is 29.9 Å². The van der Waals surface area contributed by atoms with Crippen LogP contribution in [0.15, 0.2) is 42.7 Å². The molecule has 4 heteroatoms. The minimum absolute atomic E-state index is 0.890. The molecule has 0 aliphatic heterocycles. The molecule has 0 aliphatic rings. The van der Waals surface area contributed by atoms with Crippen molar-refractivity contribution in [3.63, 3.8) is 0 Å². The van der Waals surface area contributed by atoms with E-state index < -0.39 is 0 Å². The van der Waals surface area contributed by atoms with Crippen molar-refractivity contribution in [2.45, 2.75) is 6.92 Å². The van der Waals surface area contributed by atoms with Crippen LogP contribution in [0.4, 0.5) is 5.13 Å². The van der Waals surface area contributed by atoms with E-state index in [2.05, 4.69) is 46.5 Å². The average molecular weight is 255 g/mol. The van der Waals surface area contributed by atoms with E-state index in [1.54, 1.807) is 11.3 Å². The van der Waals surface area contributed by atoms with Gasteiger partial charge in [-0.2, -0.15) is 0 Å². The van der Waals surface area contributed by atoms with E-state index in [4.69, 9.17) is 0 Å². The maximum absolute atomic E-state index is 4.47. The minimum Gasteiger partial charge on any atom is -0.362 e. The Labute approximate surface area is 110 Å². The van der Waals surface area contributed by atoms with Crippen LogP contribution < -0.4 is 5.32 Å². The van der Waals surface area contributed by atoms with Crippen LogP contribution in [0.3, 0.4) is 0 Å². The lowest BCUT2D eigenvalue weighted by molar-refractivity contribution is 1.19. The number of thiazole rings is 1. The third kappa shape index (κ3) is 1.95. The van der Waals surface area contributed by atoms with E-state index in [1.807, 2.05) is 18.5 Å². The van der Waals surface area contributed by atoms with Crippen molar-refractivity contribution in [3.8, 4) is 10.4 Å². The number of benzene rings is 1. The predicted octanol–water partition coefficient (Wildman–Crippen LogP) is 3.79. The Morgan fingerprint density at radius 2 is 2.06 bits per heavy atom. The molecule has 0 amide bonds. The molecule has 3 nitrogen and oxygen atoms in total. The minimum atomic E-state index is 0.890. The summed E-state index contributed by atoms with van der Waals surface area (Å²) < 4.78 is 0. The molecule has 0 atom stereocenters. The van der Waals surface area contributed by atoms with Gasteiger partial charge < -0.3 is 5.32 Å². The molecule has 18 heavy (non-hydrogen) atoms. The summed E-state index contributed by atoms with van der Waals surface area (Å²) in [6, 6.07) is 10.3. The number of nitrogens with zero attached hydrogens (tertiary/aromatic N) is 2. The number of anilines is 1. The van der Waals surface area contributed by atoms with Gasteiger partial charge in [0.2, 0.25) is 0 Å². The number of pyridine rings is 1. The van der Waals surface area contributed by atoms with Crippen molar-refractivity contribution < 1.29 is 0 Å². The van der Waals surface area contributed by atoms with Gasteiger partial charge in [-0.15, -0.1) is 0 Å². The first-order valence-corrected chi connectivity index (χ1v) is 6.74. The van der Waals surface area contributed by atoms with Crippen LogP contribution in [0.5, 0.6) is 0 Å². The van der Waals surface area contributed by atoms with Crippen LogP contribution in [0.2, 0.25) is 0 Å². The highest BCUT2D eigenvalue weighted by molar-refractivity contribution is 7.19. The predicted molar refractivity (Wildman–Crippen MR) is 77.0 cm³/mol. The standard InChI is InChI=1S/C14H13N3S/c1-2-15-14-17-9-12(18-14)11-7-3-5-10-6-4-8-16-13(10)11/h3-9H,2H2,1H3,(H,15,17). The normalized spacial score (nSPS) is 10.7. The van der Waals surface area contributed by atoms with E-state index in [0.717, 1.165) is 33.0 Å². The van der Waals surface area contributed by atoms with E-state index in [0.29, 0.717) is 0 Å². The lowest BCUT2D eigenvalue weighted by Crippen LogP contribution is -1.94. The summed E-state index contributed by atoms with van der Waals surface area (Å²) in [7, 11) is 0. The number of aromatic nitrogens is 2. The van der Waals surface area contributed by atoms with E-state index in [9.17, 15) is 0 Å². The second-order valence-electron chi connectivity index (χ2n) is 3.94. The summed E-state index contributed by atoms with van der Waals surface area (Å²) in [6.07, 6.45) is 3.74. The van der Waals surface area contributed by atoms with Gasteiger partial charge in [0.25, 0.3) is 0 Å². The fourth-order valence-corrected chi connectivity index (χ4v) is 2.84. The number of fused-ring (bicyclic) bond motifs is 1. The highest BCUT2D eigenvalue weighted by Crippen LogP contribution is 2.32. The molecule has 1 aromatic carbocycles. The molecule has 0 unspecified atom stereocenters. The van der Waals surface area contributed by atoms with Crippen molar-refractivity contribution >= 4 is 27.4 Å². The number of rotatable bonds is 3. The molecule has 0 radical (unpaired) electrons. The van der Waals surface area contributed by atoms with Crippen LogP contribution >= 0.6 is 11.3 Å². The summed E-state index contributed by atoms with van der Waals surface area (Å²) in [6.45, 7) is 2.96. The Balaban J connectivity index is 2.12. The molecule has 0 saturated carbocycles. The smallest absolute Gasteiger partial charge is 0.183 e. The first kappa shape index (κ1) is 11.2. The highest BCUT2D eigenvalue weighted by atomic mass is 32.1. The largest absolute Gasteiger partial charge is 0.362 e. The third-order valence-electron chi connectivity index (χ3n) is 2.73.